The molecule has 2 atom stereocenters. The van der Waals surface area contributed by atoms with Gasteiger partial charge in [0.1, 0.15) is 0 Å². The number of aliphatic hydroxyl groups excluding tert-OH is 2. The van der Waals surface area contributed by atoms with E-state index in [4.69, 9.17) is 20.4 Å². The SMILES string of the molecule is CCCCCCCCCCCCCC(O)C(=O)O.CCCCCCCCCCCCCCCCCCC(O)C(=O)O. The van der Waals surface area contributed by atoms with Crippen molar-refractivity contribution in [3.05, 3.63) is 0 Å². The second-order valence-corrected chi connectivity index (χ2v) is 12.1. The first-order chi connectivity index (χ1) is 19.9. The maximum absolute atomic E-state index is 10.4. The molecule has 41 heavy (non-hydrogen) atoms. The Morgan fingerprint density at radius 1 is 0.366 bits per heavy atom. The summed E-state index contributed by atoms with van der Waals surface area (Å²) in [6.45, 7) is 4.51. The van der Waals surface area contributed by atoms with Crippen LogP contribution in [0.4, 0.5) is 0 Å². The predicted octanol–water partition coefficient (Wildman–Crippen LogP) is 10.2. The van der Waals surface area contributed by atoms with Gasteiger partial charge in [-0.1, -0.05) is 187 Å². The summed E-state index contributed by atoms with van der Waals surface area (Å²) in [6.07, 6.45) is 33.1. The molecule has 0 heterocycles. The zero-order valence-electron chi connectivity index (χ0n) is 27.3. The minimum Gasteiger partial charge on any atom is -0.479 e. The van der Waals surface area contributed by atoms with Crippen molar-refractivity contribution in [2.45, 2.75) is 212 Å². The van der Waals surface area contributed by atoms with Gasteiger partial charge in [-0.3, -0.25) is 0 Å². The van der Waals surface area contributed by atoms with Gasteiger partial charge in [-0.05, 0) is 12.8 Å². The van der Waals surface area contributed by atoms with E-state index < -0.39 is 24.1 Å². The molecule has 4 N–H and O–H groups in total. The molecule has 6 nitrogen and oxygen atoms in total. The number of carboxylic acid groups (broad SMARTS) is 2. The van der Waals surface area contributed by atoms with E-state index in [0.29, 0.717) is 12.8 Å². The Morgan fingerprint density at radius 3 is 0.707 bits per heavy atom. The van der Waals surface area contributed by atoms with Gasteiger partial charge in [0.2, 0.25) is 0 Å². The molecule has 0 spiro atoms. The van der Waals surface area contributed by atoms with Crippen LogP contribution in [-0.4, -0.2) is 44.6 Å². The highest BCUT2D eigenvalue weighted by atomic mass is 16.4. The molecule has 0 aliphatic rings. The zero-order chi connectivity index (χ0) is 30.8. The Morgan fingerprint density at radius 2 is 0.537 bits per heavy atom. The van der Waals surface area contributed by atoms with Crippen LogP contribution in [0.5, 0.6) is 0 Å². The van der Waals surface area contributed by atoms with Crippen LogP contribution < -0.4 is 0 Å². The third kappa shape index (κ3) is 36.8. The van der Waals surface area contributed by atoms with Gasteiger partial charge in [0.05, 0.1) is 0 Å². The van der Waals surface area contributed by atoms with Crippen molar-refractivity contribution in [2.75, 3.05) is 0 Å². The van der Waals surface area contributed by atoms with Crippen LogP contribution in [0.1, 0.15) is 200 Å². The predicted molar refractivity (Wildman–Crippen MR) is 173 cm³/mol. The van der Waals surface area contributed by atoms with Crippen molar-refractivity contribution in [1.82, 2.24) is 0 Å². The van der Waals surface area contributed by atoms with Crippen LogP contribution in [0.3, 0.4) is 0 Å². The first kappa shape index (κ1) is 42.0. The molecule has 2 unspecified atom stereocenters. The quantitative estimate of drug-likeness (QED) is 0.0601. The molecule has 0 fully saturated rings. The lowest BCUT2D eigenvalue weighted by molar-refractivity contribution is -0.147. The molecule has 0 aromatic carbocycles. The van der Waals surface area contributed by atoms with E-state index in [1.807, 2.05) is 0 Å². The van der Waals surface area contributed by atoms with Gasteiger partial charge in [0.25, 0.3) is 0 Å². The van der Waals surface area contributed by atoms with E-state index in [-0.39, 0.29) is 0 Å². The van der Waals surface area contributed by atoms with Gasteiger partial charge < -0.3 is 20.4 Å². The molecule has 0 aromatic rings. The van der Waals surface area contributed by atoms with Gasteiger partial charge in [-0.25, -0.2) is 9.59 Å². The Labute approximate surface area is 254 Å². The maximum atomic E-state index is 10.4. The minimum atomic E-state index is -1.17. The number of unbranched alkanes of at least 4 members (excludes halogenated alkanes) is 25. The second-order valence-electron chi connectivity index (χ2n) is 12.1. The monoisotopic (exact) mass is 587 g/mol. The smallest absolute Gasteiger partial charge is 0.332 e. The fraction of sp³-hybridized carbons (Fsp3) is 0.943. The Bertz CT molecular complexity index is 539. The van der Waals surface area contributed by atoms with E-state index >= 15 is 0 Å². The maximum Gasteiger partial charge on any atom is 0.332 e. The summed E-state index contributed by atoms with van der Waals surface area (Å²) in [5.74, 6) is -2.19. The van der Waals surface area contributed by atoms with Crippen molar-refractivity contribution < 1.29 is 30.0 Å². The van der Waals surface area contributed by atoms with E-state index in [9.17, 15) is 9.59 Å². The molecular formula is C35H70O6. The molecule has 0 saturated heterocycles. The molecule has 0 saturated carbocycles. The molecule has 246 valence electrons. The Balaban J connectivity index is 0. The van der Waals surface area contributed by atoms with Gasteiger partial charge in [-0.15, -0.1) is 0 Å². The summed E-state index contributed by atoms with van der Waals surface area (Å²) in [5, 5.41) is 35.3. The molecular weight excluding hydrogens is 516 g/mol. The van der Waals surface area contributed by atoms with Gasteiger partial charge >= 0.3 is 11.9 Å². The molecule has 0 aliphatic heterocycles. The number of rotatable bonds is 31. The number of aliphatic hydroxyl groups is 2. The summed E-state index contributed by atoms with van der Waals surface area (Å²) in [4.78, 5) is 20.8. The summed E-state index contributed by atoms with van der Waals surface area (Å²) in [7, 11) is 0. The molecule has 0 aromatic heterocycles. The largest absolute Gasteiger partial charge is 0.479 e. The lowest BCUT2D eigenvalue weighted by atomic mass is 10.0. The van der Waals surface area contributed by atoms with E-state index in [1.165, 1.54) is 148 Å². The van der Waals surface area contributed by atoms with Crippen LogP contribution >= 0.6 is 0 Å². The molecule has 0 amide bonds. The van der Waals surface area contributed by atoms with Crippen LogP contribution in [0.2, 0.25) is 0 Å². The Hall–Kier alpha value is -1.14. The summed E-state index contributed by atoms with van der Waals surface area (Å²) in [6, 6.07) is 0. The lowest BCUT2D eigenvalue weighted by Crippen LogP contribution is -2.18. The summed E-state index contributed by atoms with van der Waals surface area (Å²) in [5.41, 5.74) is 0. The third-order valence-electron chi connectivity index (χ3n) is 7.98. The highest BCUT2D eigenvalue weighted by Gasteiger charge is 2.12. The zero-order valence-corrected chi connectivity index (χ0v) is 27.3. The van der Waals surface area contributed by atoms with E-state index in [2.05, 4.69) is 13.8 Å². The standard InChI is InChI=1S/C20H40O3.C15H30O3/c1-2-3-4-5-6-7-8-9-10-11-12-13-14-15-16-17-18-19(21)20(22)23;1-2-3-4-5-6-7-8-9-10-11-12-13-14(16)15(17)18/h19,21H,2-18H2,1H3,(H,22,23);14,16H,2-13H2,1H3,(H,17,18). The van der Waals surface area contributed by atoms with Crippen LogP contribution in [0, 0.1) is 0 Å². The number of aliphatic carboxylic acids is 2. The van der Waals surface area contributed by atoms with Crippen molar-refractivity contribution in [3.8, 4) is 0 Å². The average Bonchev–Trinajstić information content (AvgIpc) is 2.95. The number of carboxylic acids is 2. The molecule has 6 heteroatoms. The van der Waals surface area contributed by atoms with E-state index in [1.54, 1.807) is 0 Å². The van der Waals surface area contributed by atoms with Crippen LogP contribution in [-0.2, 0) is 9.59 Å². The molecule has 0 aliphatic carbocycles. The van der Waals surface area contributed by atoms with Crippen molar-refractivity contribution >= 4 is 11.9 Å². The van der Waals surface area contributed by atoms with E-state index in [0.717, 1.165) is 25.7 Å². The highest BCUT2D eigenvalue weighted by Crippen LogP contribution is 2.15. The third-order valence-corrected chi connectivity index (χ3v) is 7.98. The normalized spacial score (nSPS) is 12.5. The first-order valence-corrected chi connectivity index (χ1v) is 17.7. The van der Waals surface area contributed by atoms with Crippen LogP contribution in [0.25, 0.3) is 0 Å². The number of carbonyl (C=O) groups is 2. The van der Waals surface area contributed by atoms with Gasteiger partial charge in [-0.2, -0.15) is 0 Å². The average molecular weight is 587 g/mol. The first-order valence-electron chi connectivity index (χ1n) is 17.7. The van der Waals surface area contributed by atoms with Crippen molar-refractivity contribution in [2.24, 2.45) is 0 Å². The highest BCUT2D eigenvalue weighted by molar-refractivity contribution is 5.72. The van der Waals surface area contributed by atoms with Gasteiger partial charge in [0.15, 0.2) is 12.2 Å². The topological polar surface area (TPSA) is 115 Å². The number of hydrogen-bond donors (Lipinski definition) is 4. The van der Waals surface area contributed by atoms with Gasteiger partial charge in [0, 0.05) is 0 Å². The lowest BCUT2D eigenvalue weighted by Gasteiger charge is -2.05. The number of hydrogen-bond acceptors (Lipinski definition) is 4. The summed E-state index contributed by atoms with van der Waals surface area (Å²) < 4.78 is 0. The molecule has 0 rings (SSSR count). The molecule has 0 radical (unpaired) electrons. The van der Waals surface area contributed by atoms with Crippen LogP contribution in [0.15, 0.2) is 0 Å². The summed E-state index contributed by atoms with van der Waals surface area (Å²) >= 11 is 0. The van der Waals surface area contributed by atoms with Crippen molar-refractivity contribution in [3.63, 3.8) is 0 Å². The fourth-order valence-corrected chi connectivity index (χ4v) is 5.13. The van der Waals surface area contributed by atoms with Crippen molar-refractivity contribution in [1.29, 1.82) is 0 Å². The second kappa shape index (κ2) is 35.1. The minimum absolute atomic E-state index is 0.395. The Kier molecular flexibility index (Phi) is 35.9. The fourth-order valence-electron chi connectivity index (χ4n) is 5.13. The molecule has 0 bridgehead atoms.